The molecule has 0 aliphatic heterocycles. The minimum atomic E-state index is -1.19. The fourth-order valence-corrected chi connectivity index (χ4v) is 3.87. The highest BCUT2D eigenvalue weighted by Gasteiger charge is 2.33. The number of amides is 1. The second kappa shape index (κ2) is 13.1. The number of nitrogens with one attached hydrogen (secondary N) is 2. The molecule has 1 atom stereocenters. The first kappa shape index (κ1) is 29.5. The molecule has 0 fully saturated rings. The molecule has 0 saturated heterocycles. The maximum Gasteiger partial charge on any atom is 0.326 e. The molecule has 39 heavy (non-hydrogen) atoms. The van der Waals surface area contributed by atoms with Crippen molar-refractivity contribution in [3.63, 3.8) is 0 Å². The van der Waals surface area contributed by atoms with Crippen LogP contribution in [-0.4, -0.2) is 64.1 Å². The van der Waals surface area contributed by atoms with Gasteiger partial charge in [-0.1, -0.05) is 40.7 Å². The van der Waals surface area contributed by atoms with Crippen molar-refractivity contribution in [2.24, 2.45) is 5.41 Å². The molecule has 0 bridgehead atoms. The number of aliphatic carboxylic acids is 1. The first-order chi connectivity index (χ1) is 18.5. The molecule has 0 spiro atoms. The molecule has 1 heterocycles. The third kappa shape index (κ3) is 8.22. The Morgan fingerprint density at radius 2 is 1.67 bits per heavy atom. The lowest BCUT2D eigenvalue weighted by atomic mass is 9.86. The molecule has 3 rings (SSSR count). The number of carbonyl (C=O) groups excluding carboxylic acids is 1. The van der Waals surface area contributed by atoms with E-state index < -0.39 is 29.2 Å². The van der Waals surface area contributed by atoms with Gasteiger partial charge in [0.2, 0.25) is 5.95 Å². The van der Waals surface area contributed by atoms with Crippen LogP contribution < -0.4 is 15.4 Å². The topological polar surface area (TPSA) is 117 Å². The molecule has 1 unspecified atom stereocenters. The van der Waals surface area contributed by atoms with Crippen LogP contribution in [0.15, 0.2) is 54.9 Å². The van der Waals surface area contributed by atoms with Gasteiger partial charge in [0.25, 0.3) is 5.91 Å². The van der Waals surface area contributed by atoms with E-state index >= 15 is 0 Å². The Morgan fingerprint density at radius 1 is 1.03 bits per heavy atom. The molecule has 0 aliphatic carbocycles. The molecule has 3 aromatic rings. The van der Waals surface area contributed by atoms with Crippen LogP contribution in [0.3, 0.4) is 0 Å². The summed E-state index contributed by atoms with van der Waals surface area (Å²) in [6.07, 6.45) is 3.10. The Bertz CT molecular complexity index is 1260. The average Bonchev–Trinajstić information content (AvgIpc) is 2.90. The van der Waals surface area contributed by atoms with Gasteiger partial charge in [0.05, 0.1) is 5.56 Å². The number of carboxylic acids is 1. The number of aromatic nitrogens is 2. The third-order valence-electron chi connectivity index (χ3n) is 6.27. The van der Waals surface area contributed by atoms with Crippen molar-refractivity contribution in [1.29, 1.82) is 0 Å². The molecule has 0 aliphatic rings. The van der Waals surface area contributed by atoms with Gasteiger partial charge in [-0.3, -0.25) is 4.79 Å². The van der Waals surface area contributed by atoms with Gasteiger partial charge in [-0.25, -0.2) is 19.2 Å². The monoisotopic (exact) mass is 537 g/mol. The Labute approximate surface area is 228 Å². The second-order valence-corrected chi connectivity index (χ2v) is 10.1. The Kier molecular flexibility index (Phi) is 9.95. The summed E-state index contributed by atoms with van der Waals surface area (Å²) < 4.78 is 20.6. The van der Waals surface area contributed by atoms with Gasteiger partial charge in [-0.2, -0.15) is 0 Å². The van der Waals surface area contributed by atoms with Crippen molar-refractivity contribution < 1.29 is 23.8 Å². The van der Waals surface area contributed by atoms with Gasteiger partial charge in [0, 0.05) is 30.2 Å². The summed E-state index contributed by atoms with van der Waals surface area (Å²) in [5.41, 5.74) is 0.837. The van der Waals surface area contributed by atoms with Crippen LogP contribution in [0.1, 0.15) is 45.0 Å². The van der Waals surface area contributed by atoms with E-state index in [9.17, 15) is 19.1 Å². The van der Waals surface area contributed by atoms with Crippen LogP contribution in [0.4, 0.5) is 16.0 Å². The molecule has 10 heteroatoms. The number of carboxylic acid groups (broad SMARTS) is 1. The summed E-state index contributed by atoms with van der Waals surface area (Å²) in [5.74, 6) is -1.61. The number of anilines is 2. The number of likely N-dealkylation sites (N-methyl/N-ethyl adjacent to an activating group) is 1. The van der Waals surface area contributed by atoms with Crippen LogP contribution in [-0.2, 0) is 4.79 Å². The van der Waals surface area contributed by atoms with Crippen LogP contribution >= 0.6 is 0 Å². The molecule has 1 aromatic heterocycles. The summed E-state index contributed by atoms with van der Waals surface area (Å²) >= 11 is 0. The molecule has 1 amide bonds. The first-order valence-electron chi connectivity index (χ1n) is 12.9. The number of hydrogen-bond donors (Lipinski definition) is 3. The van der Waals surface area contributed by atoms with Crippen molar-refractivity contribution in [3.8, 4) is 16.9 Å². The van der Waals surface area contributed by atoms with Crippen molar-refractivity contribution in [3.05, 3.63) is 66.2 Å². The fraction of sp³-hybridized carbons (Fsp3) is 0.379. The lowest BCUT2D eigenvalue weighted by molar-refractivity contribution is -0.142. The van der Waals surface area contributed by atoms with E-state index in [1.165, 1.54) is 12.1 Å². The zero-order valence-corrected chi connectivity index (χ0v) is 23.0. The van der Waals surface area contributed by atoms with Gasteiger partial charge < -0.3 is 25.4 Å². The standard InChI is InChI=1S/C29H36FN5O4/c1-6-35(7-2)14-15-39-22-11-9-21(10-12-22)33-28-31-17-20(18-32-28)19-8-13-23(24(30)16-19)26(36)34-25(27(37)38)29(3,4)5/h8-13,16-18,25H,6-7,14-15H2,1-5H3,(H,34,36)(H,37,38)(H,31,32,33). The van der Waals surface area contributed by atoms with Gasteiger partial charge in [0.15, 0.2) is 0 Å². The van der Waals surface area contributed by atoms with Crippen molar-refractivity contribution in [2.45, 2.75) is 40.7 Å². The summed E-state index contributed by atoms with van der Waals surface area (Å²) in [5, 5.41) is 14.9. The van der Waals surface area contributed by atoms with E-state index in [1.54, 1.807) is 39.2 Å². The maximum atomic E-state index is 14.8. The number of hydrogen-bond acceptors (Lipinski definition) is 7. The zero-order chi connectivity index (χ0) is 28.6. The Morgan fingerprint density at radius 3 is 2.21 bits per heavy atom. The van der Waals surface area contributed by atoms with E-state index in [0.29, 0.717) is 23.7 Å². The van der Waals surface area contributed by atoms with Crippen molar-refractivity contribution >= 4 is 23.5 Å². The highest BCUT2D eigenvalue weighted by molar-refractivity contribution is 5.97. The normalized spacial score (nSPS) is 12.2. The third-order valence-corrected chi connectivity index (χ3v) is 6.27. The zero-order valence-electron chi connectivity index (χ0n) is 23.0. The summed E-state index contributed by atoms with van der Waals surface area (Å²) in [4.78, 5) is 35.0. The molecular weight excluding hydrogens is 501 g/mol. The summed E-state index contributed by atoms with van der Waals surface area (Å²) in [6, 6.07) is 10.4. The van der Waals surface area contributed by atoms with E-state index in [0.717, 1.165) is 31.1 Å². The number of carbonyl (C=O) groups is 2. The molecule has 3 N–H and O–H groups in total. The Hall–Kier alpha value is -4.05. The van der Waals surface area contributed by atoms with Crippen LogP contribution in [0.25, 0.3) is 11.1 Å². The van der Waals surface area contributed by atoms with Crippen molar-refractivity contribution in [1.82, 2.24) is 20.2 Å². The van der Waals surface area contributed by atoms with E-state index in [2.05, 4.69) is 39.3 Å². The smallest absolute Gasteiger partial charge is 0.326 e. The van der Waals surface area contributed by atoms with Crippen LogP contribution in [0.2, 0.25) is 0 Å². The van der Waals surface area contributed by atoms with Crippen LogP contribution in [0.5, 0.6) is 5.75 Å². The molecule has 0 saturated carbocycles. The predicted octanol–water partition coefficient (Wildman–Crippen LogP) is 4.98. The second-order valence-electron chi connectivity index (χ2n) is 10.1. The predicted molar refractivity (Wildman–Crippen MR) is 149 cm³/mol. The van der Waals surface area contributed by atoms with Crippen LogP contribution in [0, 0.1) is 11.2 Å². The molecule has 208 valence electrons. The lowest BCUT2D eigenvalue weighted by Gasteiger charge is -2.27. The number of benzene rings is 2. The van der Waals surface area contributed by atoms with Gasteiger partial charge in [0.1, 0.15) is 24.2 Å². The highest BCUT2D eigenvalue weighted by atomic mass is 19.1. The highest BCUT2D eigenvalue weighted by Crippen LogP contribution is 2.24. The fourth-order valence-electron chi connectivity index (χ4n) is 3.87. The largest absolute Gasteiger partial charge is 0.492 e. The van der Waals surface area contributed by atoms with Gasteiger partial charge >= 0.3 is 5.97 Å². The summed E-state index contributed by atoms with van der Waals surface area (Å²) in [6.45, 7) is 12.8. The minimum absolute atomic E-state index is 0.242. The molecule has 2 aromatic carbocycles. The quantitative estimate of drug-likeness (QED) is 0.296. The average molecular weight is 538 g/mol. The van der Waals surface area contributed by atoms with E-state index in [-0.39, 0.29) is 5.56 Å². The molecule has 0 radical (unpaired) electrons. The summed E-state index contributed by atoms with van der Waals surface area (Å²) in [7, 11) is 0. The van der Waals surface area contributed by atoms with E-state index in [1.807, 2.05) is 24.3 Å². The first-order valence-corrected chi connectivity index (χ1v) is 12.9. The number of halogens is 1. The van der Waals surface area contributed by atoms with Gasteiger partial charge in [-0.05, 0) is 60.5 Å². The maximum absolute atomic E-state index is 14.8. The number of ether oxygens (including phenoxy) is 1. The molecule has 9 nitrogen and oxygen atoms in total. The number of nitrogens with zero attached hydrogens (tertiary/aromatic N) is 3. The number of rotatable bonds is 12. The van der Waals surface area contributed by atoms with Gasteiger partial charge in [-0.15, -0.1) is 0 Å². The molecular formula is C29H36FN5O4. The SMILES string of the molecule is CCN(CC)CCOc1ccc(Nc2ncc(-c3ccc(C(=O)NC(C(=O)O)C(C)(C)C)c(F)c3)cn2)cc1. The van der Waals surface area contributed by atoms with Crippen molar-refractivity contribution in [2.75, 3.05) is 31.6 Å². The van der Waals surface area contributed by atoms with E-state index in [4.69, 9.17) is 4.74 Å². The Balaban J connectivity index is 1.61. The lowest BCUT2D eigenvalue weighted by Crippen LogP contribution is -2.49. The minimum Gasteiger partial charge on any atom is -0.492 e.